The summed E-state index contributed by atoms with van der Waals surface area (Å²) in [4.78, 5) is 38.0. The highest BCUT2D eigenvalue weighted by Crippen LogP contribution is 2.22. The van der Waals surface area contributed by atoms with Gasteiger partial charge >= 0.3 is 0 Å². The molecule has 1 aliphatic carbocycles. The van der Waals surface area contributed by atoms with E-state index in [0.717, 1.165) is 36.8 Å². The number of rotatable bonds is 10. The molecule has 0 radical (unpaired) electrons. The summed E-state index contributed by atoms with van der Waals surface area (Å²) in [6.45, 7) is 2.00. The highest BCUT2D eigenvalue weighted by molar-refractivity contribution is 7.99. The normalized spacial score (nSPS) is 14.6. The molecule has 2 aromatic rings. The summed E-state index contributed by atoms with van der Waals surface area (Å²) in [6, 6.07) is 13.1. The van der Waals surface area contributed by atoms with E-state index >= 15 is 0 Å². The van der Waals surface area contributed by atoms with Crippen LogP contribution in [-0.2, 0) is 21.9 Å². The van der Waals surface area contributed by atoms with E-state index in [1.54, 1.807) is 30.0 Å². The Hall–Kier alpha value is -2.58. The number of nitrogens with zero attached hydrogens (tertiary/aromatic N) is 2. The van der Waals surface area contributed by atoms with E-state index in [1.165, 1.54) is 23.9 Å². The van der Waals surface area contributed by atoms with Crippen molar-refractivity contribution in [2.24, 2.45) is 0 Å². The van der Waals surface area contributed by atoms with Crippen LogP contribution in [0, 0.1) is 10.1 Å². The SMILES string of the molecule is C[C@H](C(=O)NC1CCCC1)N(Cc1ccccc1Cl)C(=O)CSCc1ccc([N+](=O)[O-])cc1. The second-order valence-electron chi connectivity index (χ2n) is 8.20. The predicted octanol–water partition coefficient (Wildman–Crippen LogP) is 4.96. The van der Waals surface area contributed by atoms with Crippen LogP contribution in [0.3, 0.4) is 0 Å². The molecule has 2 aromatic carbocycles. The van der Waals surface area contributed by atoms with Gasteiger partial charge in [-0.15, -0.1) is 11.8 Å². The molecule has 7 nitrogen and oxygen atoms in total. The van der Waals surface area contributed by atoms with Crippen molar-refractivity contribution in [3.63, 3.8) is 0 Å². The standard InChI is InChI=1S/C24H28ClN3O4S/c1-17(24(30)26-20-7-3-4-8-20)27(14-19-6-2-5-9-22(19)25)23(29)16-33-15-18-10-12-21(13-11-18)28(31)32/h2,5-6,9-13,17,20H,3-4,7-8,14-16H2,1H3,(H,26,30)/t17-/m1/s1. The molecule has 1 aliphatic rings. The maximum atomic E-state index is 13.2. The number of nitro benzene ring substituents is 1. The molecule has 0 unspecified atom stereocenters. The Balaban J connectivity index is 1.64. The Labute approximate surface area is 203 Å². The molecule has 0 bridgehead atoms. The van der Waals surface area contributed by atoms with E-state index in [0.29, 0.717) is 10.8 Å². The highest BCUT2D eigenvalue weighted by Gasteiger charge is 2.28. The van der Waals surface area contributed by atoms with E-state index in [2.05, 4.69) is 5.32 Å². The topological polar surface area (TPSA) is 92.6 Å². The summed E-state index contributed by atoms with van der Waals surface area (Å²) in [7, 11) is 0. The summed E-state index contributed by atoms with van der Waals surface area (Å²) in [5.41, 5.74) is 1.71. The Kier molecular flexibility index (Phi) is 9.14. The van der Waals surface area contributed by atoms with Gasteiger partial charge in [0.2, 0.25) is 11.8 Å². The summed E-state index contributed by atoms with van der Waals surface area (Å²) in [5, 5.41) is 14.4. The van der Waals surface area contributed by atoms with Gasteiger partial charge in [-0.3, -0.25) is 19.7 Å². The van der Waals surface area contributed by atoms with Crippen molar-refractivity contribution < 1.29 is 14.5 Å². The van der Waals surface area contributed by atoms with Crippen molar-refractivity contribution in [1.82, 2.24) is 10.2 Å². The maximum Gasteiger partial charge on any atom is 0.269 e. The lowest BCUT2D eigenvalue weighted by atomic mass is 10.1. The zero-order valence-corrected chi connectivity index (χ0v) is 20.1. The third-order valence-corrected chi connectivity index (χ3v) is 7.17. The number of nitro groups is 1. The highest BCUT2D eigenvalue weighted by atomic mass is 35.5. The van der Waals surface area contributed by atoms with Gasteiger partial charge in [0.25, 0.3) is 5.69 Å². The molecule has 0 aromatic heterocycles. The Morgan fingerprint density at radius 2 is 1.85 bits per heavy atom. The van der Waals surface area contributed by atoms with Gasteiger partial charge in [0, 0.05) is 35.5 Å². The van der Waals surface area contributed by atoms with Crippen LogP contribution >= 0.6 is 23.4 Å². The lowest BCUT2D eigenvalue weighted by Crippen LogP contribution is -2.50. The van der Waals surface area contributed by atoms with Crippen molar-refractivity contribution in [3.05, 3.63) is 74.8 Å². The fourth-order valence-electron chi connectivity index (χ4n) is 3.84. The molecule has 0 spiro atoms. The van der Waals surface area contributed by atoms with Crippen molar-refractivity contribution in [2.75, 3.05) is 5.75 Å². The first kappa shape index (κ1) is 25.1. The summed E-state index contributed by atoms with van der Waals surface area (Å²) < 4.78 is 0. The number of carbonyl (C=O) groups is 2. The quantitative estimate of drug-likeness (QED) is 0.376. The molecule has 9 heteroatoms. The molecule has 33 heavy (non-hydrogen) atoms. The molecule has 1 N–H and O–H groups in total. The molecule has 0 heterocycles. The molecule has 3 rings (SSSR count). The van der Waals surface area contributed by atoms with Crippen molar-refractivity contribution >= 4 is 40.9 Å². The lowest BCUT2D eigenvalue weighted by molar-refractivity contribution is -0.384. The zero-order valence-electron chi connectivity index (χ0n) is 18.5. The van der Waals surface area contributed by atoms with Crippen molar-refractivity contribution in [2.45, 2.75) is 57.0 Å². The molecule has 1 fully saturated rings. The predicted molar refractivity (Wildman–Crippen MR) is 131 cm³/mol. The summed E-state index contributed by atoms with van der Waals surface area (Å²) in [6.07, 6.45) is 4.17. The third-order valence-electron chi connectivity index (χ3n) is 5.81. The Bertz CT molecular complexity index is 980. The number of non-ortho nitro benzene ring substituents is 1. The number of carbonyl (C=O) groups excluding carboxylic acids is 2. The van der Waals surface area contributed by atoms with E-state index in [1.807, 2.05) is 18.2 Å². The van der Waals surface area contributed by atoms with Crippen LogP contribution in [-0.4, -0.2) is 39.5 Å². The van der Waals surface area contributed by atoms with Gasteiger partial charge in [0.05, 0.1) is 10.7 Å². The average molecular weight is 490 g/mol. The fraction of sp³-hybridized carbons (Fsp3) is 0.417. The van der Waals surface area contributed by atoms with Gasteiger partial charge in [-0.05, 0) is 37.0 Å². The fourth-order valence-corrected chi connectivity index (χ4v) is 4.90. The minimum atomic E-state index is -0.630. The maximum absolute atomic E-state index is 13.2. The van der Waals surface area contributed by atoms with Crippen molar-refractivity contribution in [1.29, 1.82) is 0 Å². The largest absolute Gasteiger partial charge is 0.352 e. The van der Waals surface area contributed by atoms with Crippen molar-refractivity contribution in [3.8, 4) is 0 Å². The molecular formula is C24H28ClN3O4S. The minimum absolute atomic E-state index is 0.0350. The molecule has 0 saturated heterocycles. The van der Waals surface area contributed by atoms with Crippen LogP contribution in [0.5, 0.6) is 0 Å². The number of benzene rings is 2. The summed E-state index contributed by atoms with van der Waals surface area (Å²) in [5.74, 6) is 0.410. The first-order valence-electron chi connectivity index (χ1n) is 11.0. The number of halogens is 1. The van der Waals surface area contributed by atoms with Gasteiger partial charge in [-0.1, -0.05) is 54.8 Å². The van der Waals surface area contributed by atoms with Crippen LogP contribution < -0.4 is 5.32 Å². The zero-order chi connectivity index (χ0) is 23.8. The minimum Gasteiger partial charge on any atom is -0.352 e. The third kappa shape index (κ3) is 7.20. The number of amides is 2. The molecular weight excluding hydrogens is 462 g/mol. The van der Waals surface area contributed by atoms with E-state index in [-0.39, 0.29) is 35.8 Å². The van der Waals surface area contributed by atoms with Gasteiger partial charge in [0.1, 0.15) is 6.04 Å². The molecule has 1 saturated carbocycles. The lowest BCUT2D eigenvalue weighted by Gasteiger charge is -2.30. The first-order chi connectivity index (χ1) is 15.8. The van der Waals surface area contributed by atoms with Gasteiger partial charge in [-0.2, -0.15) is 0 Å². The average Bonchev–Trinajstić information content (AvgIpc) is 3.31. The molecule has 0 aliphatic heterocycles. The number of hydrogen-bond acceptors (Lipinski definition) is 5. The number of nitrogens with one attached hydrogen (secondary N) is 1. The van der Waals surface area contributed by atoms with E-state index in [4.69, 9.17) is 11.6 Å². The Morgan fingerprint density at radius 1 is 1.18 bits per heavy atom. The van der Waals surface area contributed by atoms with Crippen LogP contribution in [0.25, 0.3) is 0 Å². The van der Waals surface area contributed by atoms with Gasteiger partial charge in [-0.25, -0.2) is 0 Å². The second-order valence-corrected chi connectivity index (χ2v) is 9.59. The van der Waals surface area contributed by atoms with Gasteiger partial charge in [0.15, 0.2) is 0 Å². The summed E-state index contributed by atoms with van der Waals surface area (Å²) >= 11 is 7.73. The second kappa shape index (κ2) is 12.0. The van der Waals surface area contributed by atoms with Crippen LogP contribution in [0.1, 0.15) is 43.7 Å². The van der Waals surface area contributed by atoms with Crippen LogP contribution in [0.2, 0.25) is 5.02 Å². The Morgan fingerprint density at radius 3 is 2.48 bits per heavy atom. The first-order valence-corrected chi connectivity index (χ1v) is 12.5. The van der Waals surface area contributed by atoms with E-state index in [9.17, 15) is 19.7 Å². The smallest absolute Gasteiger partial charge is 0.269 e. The monoisotopic (exact) mass is 489 g/mol. The van der Waals surface area contributed by atoms with Gasteiger partial charge < -0.3 is 10.2 Å². The number of thioether (sulfide) groups is 1. The number of hydrogen-bond donors (Lipinski definition) is 1. The van der Waals surface area contributed by atoms with Crippen LogP contribution in [0.15, 0.2) is 48.5 Å². The molecule has 2 amide bonds. The molecule has 1 atom stereocenters. The molecule has 176 valence electrons. The van der Waals surface area contributed by atoms with E-state index < -0.39 is 11.0 Å². The van der Waals surface area contributed by atoms with Crippen LogP contribution in [0.4, 0.5) is 5.69 Å².